The molecule has 1 amide bonds. The van der Waals surface area contributed by atoms with Crippen LogP contribution in [0.2, 0.25) is 5.15 Å². The van der Waals surface area contributed by atoms with E-state index in [-0.39, 0.29) is 5.15 Å². The lowest BCUT2D eigenvalue weighted by atomic mass is 10.2. The molecule has 0 bridgehead atoms. The number of hydrogen-bond acceptors (Lipinski definition) is 2. The van der Waals surface area contributed by atoms with Crippen LogP contribution in [0.5, 0.6) is 0 Å². The smallest absolute Gasteiger partial charge is 0.253 e. The predicted octanol–water partition coefficient (Wildman–Crippen LogP) is 0.481. The van der Waals surface area contributed by atoms with Crippen molar-refractivity contribution in [3.05, 3.63) is 16.4 Å². The van der Waals surface area contributed by atoms with E-state index in [1.165, 1.54) is 4.68 Å². The SMILES string of the molecule is Cc1c(C(N)=O)c(Cl)nn1C. The Bertz CT molecular complexity index is 305. The molecule has 0 fully saturated rings. The summed E-state index contributed by atoms with van der Waals surface area (Å²) in [6, 6.07) is 0. The van der Waals surface area contributed by atoms with Gasteiger partial charge in [0.2, 0.25) is 0 Å². The molecule has 0 unspecified atom stereocenters. The highest BCUT2D eigenvalue weighted by Gasteiger charge is 2.15. The van der Waals surface area contributed by atoms with Crippen LogP contribution in [0.15, 0.2) is 0 Å². The highest BCUT2D eigenvalue weighted by atomic mass is 35.5. The zero-order valence-electron chi connectivity index (χ0n) is 6.26. The van der Waals surface area contributed by atoms with Gasteiger partial charge in [-0.25, -0.2) is 0 Å². The molecule has 1 rings (SSSR count). The molecule has 60 valence electrons. The molecule has 0 spiro atoms. The van der Waals surface area contributed by atoms with E-state index in [4.69, 9.17) is 17.3 Å². The Morgan fingerprint density at radius 2 is 2.27 bits per heavy atom. The van der Waals surface area contributed by atoms with E-state index < -0.39 is 5.91 Å². The van der Waals surface area contributed by atoms with Crippen molar-refractivity contribution in [1.29, 1.82) is 0 Å². The molecule has 0 aromatic carbocycles. The van der Waals surface area contributed by atoms with Crippen LogP contribution in [0.25, 0.3) is 0 Å². The van der Waals surface area contributed by atoms with Gasteiger partial charge in [0.05, 0.1) is 5.56 Å². The molecule has 0 saturated carbocycles. The van der Waals surface area contributed by atoms with E-state index in [0.717, 1.165) is 0 Å². The van der Waals surface area contributed by atoms with Gasteiger partial charge in [-0.1, -0.05) is 11.6 Å². The standard InChI is InChI=1S/C6H8ClN3O/c1-3-4(6(8)11)5(7)9-10(3)2/h1-2H3,(H2,8,11). The number of primary amides is 1. The molecule has 11 heavy (non-hydrogen) atoms. The summed E-state index contributed by atoms with van der Waals surface area (Å²) in [5.74, 6) is -0.541. The second-order valence-electron chi connectivity index (χ2n) is 2.24. The summed E-state index contributed by atoms with van der Waals surface area (Å²) in [4.78, 5) is 10.7. The Labute approximate surface area is 68.9 Å². The first kappa shape index (κ1) is 8.07. The average Bonchev–Trinajstić information content (AvgIpc) is 2.07. The van der Waals surface area contributed by atoms with Crippen molar-refractivity contribution in [2.75, 3.05) is 0 Å². The third kappa shape index (κ3) is 1.21. The van der Waals surface area contributed by atoms with Crippen LogP contribution in [-0.2, 0) is 7.05 Å². The third-order valence-electron chi connectivity index (χ3n) is 1.54. The van der Waals surface area contributed by atoms with E-state index in [0.29, 0.717) is 11.3 Å². The number of carbonyl (C=O) groups is 1. The zero-order valence-corrected chi connectivity index (χ0v) is 7.01. The van der Waals surface area contributed by atoms with Crippen molar-refractivity contribution in [2.24, 2.45) is 12.8 Å². The highest BCUT2D eigenvalue weighted by Crippen LogP contribution is 2.16. The molecule has 0 aliphatic rings. The van der Waals surface area contributed by atoms with Crippen LogP contribution in [-0.4, -0.2) is 15.7 Å². The fourth-order valence-electron chi connectivity index (χ4n) is 0.848. The van der Waals surface area contributed by atoms with Gasteiger partial charge >= 0.3 is 0 Å². The molecular weight excluding hydrogens is 166 g/mol. The maximum Gasteiger partial charge on any atom is 0.253 e. The van der Waals surface area contributed by atoms with Crippen LogP contribution >= 0.6 is 11.6 Å². The molecule has 0 aliphatic heterocycles. The Balaban J connectivity index is 3.34. The lowest BCUT2D eigenvalue weighted by molar-refractivity contribution is 0.1000. The normalized spacial score (nSPS) is 10.1. The lowest BCUT2D eigenvalue weighted by Crippen LogP contribution is -2.12. The fourth-order valence-corrected chi connectivity index (χ4v) is 1.19. The number of aromatic nitrogens is 2. The first-order chi connectivity index (χ1) is 5.04. The summed E-state index contributed by atoms with van der Waals surface area (Å²) < 4.78 is 1.52. The van der Waals surface area contributed by atoms with Crippen molar-refractivity contribution < 1.29 is 4.79 Å². The summed E-state index contributed by atoms with van der Waals surface area (Å²) in [5, 5.41) is 3.98. The minimum Gasteiger partial charge on any atom is -0.365 e. The predicted molar refractivity (Wildman–Crippen MR) is 41.5 cm³/mol. The quantitative estimate of drug-likeness (QED) is 0.672. The maximum atomic E-state index is 10.7. The van der Waals surface area contributed by atoms with Gasteiger partial charge in [-0.05, 0) is 6.92 Å². The molecule has 0 radical (unpaired) electrons. The van der Waals surface area contributed by atoms with E-state index in [2.05, 4.69) is 5.10 Å². The fraction of sp³-hybridized carbons (Fsp3) is 0.333. The minimum atomic E-state index is -0.541. The van der Waals surface area contributed by atoms with Gasteiger partial charge in [-0.3, -0.25) is 9.48 Å². The summed E-state index contributed by atoms with van der Waals surface area (Å²) >= 11 is 5.61. The summed E-state index contributed by atoms with van der Waals surface area (Å²) in [5.41, 5.74) is 6.04. The number of nitrogens with two attached hydrogens (primary N) is 1. The topological polar surface area (TPSA) is 60.9 Å². The number of amides is 1. The van der Waals surface area contributed by atoms with Crippen molar-refractivity contribution in [3.8, 4) is 0 Å². The highest BCUT2D eigenvalue weighted by molar-refractivity contribution is 6.32. The van der Waals surface area contributed by atoms with Gasteiger partial charge in [0.25, 0.3) is 5.91 Å². The van der Waals surface area contributed by atoms with Crippen molar-refractivity contribution in [1.82, 2.24) is 9.78 Å². The van der Waals surface area contributed by atoms with E-state index in [1.807, 2.05) is 0 Å². The lowest BCUT2D eigenvalue weighted by Gasteiger charge is -1.93. The van der Waals surface area contributed by atoms with Gasteiger partial charge in [0.15, 0.2) is 5.15 Å². The number of aryl methyl sites for hydroxylation is 1. The van der Waals surface area contributed by atoms with Crippen LogP contribution in [0, 0.1) is 6.92 Å². The van der Waals surface area contributed by atoms with Crippen molar-refractivity contribution in [2.45, 2.75) is 6.92 Å². The Hall–Kier alpha value is -1.03. The molecule has 1 heterocycles. The molecule has 0 aliphatic carbocycles. The van der Waals surface area contributed by atoms with Gasteiger partial charge in [-0.15, -0.1) is 0 Å². The second kappa shape index (κ2) is 2.54. The molecule has 0 atom stereocenters. The Kier molecular flexibility index (Phi) is 1.87. The first-order valence-corrected chi connectivity index (χ1v) is 3.40. The number of halogens is 1. The minimum absolute atomic E-state index is 0.164. The van der Waals surface area contributed by atoms with Crippen LogP contribution in [0.3, 0.4) is 0 Å². The number of carbonyl (C=O) groups excluding carboxylic acids is 1. The molecule has 2 N–H and O–H groups in total. The van der Waals surface area contributed by atoms with Gasteiger partial charge in [-0.2, -0.15) is 5.10 Å². The number of rotatable bonds is 1. The first-order valence-electron chi connectivity index (χ1n) is 3.03. The summed E-state index contributed by atoms with van der Waals surface area (Å²) in [7, 11) is 1.70. The molecule has 5 heteroatoms. The van der Waals surface area contributed by atoms with E-state index in [9.17, 15) is 4.79 Å². The van der Waals surface area contributed by atoms with E-state index in [1.54, 1.807) is 14.0 Å². The number of hydrogen-bond donors (Lipinski definition) is 1. The van der Waals surface area contributed by atoms with Gasteiger partial charge in [0, 0.05) is 12.7 Å². The monoisotopic (exact) mass is 173 g/mol. The molecule has 4 nitrogen and oxygen atoms in total. The molecular formula is C6H8ClN3O. The Morgan fingerprint density at radius 1 is 1.73 bits per heavy atom. The van der Waals surface area contributed by atoms with Crippen LogP contribution in [0.1, 0.15) is 16.1 Å². The average molecular weight is 174 g/mol. The van der Waals surface area contributed by atoms with Crippen molar-refractivity contribution >= 4 is 17.5 Å². The van der Waals surface area contributed by atoms with Gasteiger partial charge in [0.1, 0.15) is 0 Å². The third-order valence-corrected chi connectivity index (χ3v) is 1.80. The van der Waals surface area contributed by atoms with Crippen LogP contribution < -0.4 is 5.73 Å². The summed E-state index contributed by atoms with van der Waals surface area (Å²) in [6.45, 7) is 1.74. The largest absolute Gasteiger partial charge is 0.365 e. The molecule has 1 aromatic rings. The second-order valence-corrected chi connectivity index (χ2v) is 2.60. The van der Waals surface area contributed by atoms with Crippen molar-refractivity contribution in [3.63, 3.8) is 0 Å². The van der Waals surface area contributed by atoms with Gasteiger partial charge < -0.3 is 5.73 Å². The summed E-state index contributed by atoms with van der Waals surface area (Å²) in [6.07, 6.45) is 0. The van der Waals surface area contributed by atoms with E-state index >= 15 is 0 Å². The zero-order chi connectivity index (χ0) is 8.59. The number of nitrogens with zero attached hydrogens (tertiary/aromatic N) is 2. The molecule has 1 aromatic heterocycles. The Morgan fingerprint density at radius 3 is 2.45 bits per heavy atom. The molecule has 0 saturated heterocycles. The van der Waals surface area contributed by atoms with Crippen LogP contribution in [0.4, 0.5) is 0 Å². The maximum absolute atomic E-state index is 10.7.